The molecule has 4 nitrogen and oxygen atoms in total. The van der Waals surface area contributed by atoms with Gasteiger partial charge in [0, 0.05) is 32.7 Å². The largest absolute Gasteiger partial charge is 0.384 e. The molecule has 2 fully saturated rings. The van der Waals surface area contributed by atoms with Gasteiger partial charge in [0.05, 0.1) is 6.61 Å². The molecule has 0 radical (unpaired) electrons. The van der Waals surface area contributed by atoms with E-state index in [1.54, 1.807) is 7.11 Å². The molecule has 2 aliphatic rings. The van der Waals surface area contributed by atoms with Crippen LogP contribution in [0.5, 0.6) is 0 Å². The highest BCUT2D eigenvalue weighted by atomic mass is 16.5. The van der Waals surface area contributed by atoms with Crippen molar-refractivity contribution in [1.29, 1.82) is 0 Å². The Kier molecular flexibility index (Phi) is 4.40. The molecule has 1 amide bonds. The lowest BCUT2D eigenvalue weighted by Crippen LogP contribution is -2.43. The average molecular weight is 240 g/mol. The molecule has 2 rings (SSSR count). The number of hydrogen-bond donors (Lipinski definition) is 1. The topological polar surface area (TPSA) is 55.6 Å². The summed E-state index contributed by atoms with van der Waals surface area (Å²) in [6.45, 7) is 2.51. The van der Waals surface area contributed by atoms with Crippen LogP contribution in [0.25, 0.3) is 0 Å². The highest BCUT2D eigenvalue weighted by Crippen LogP contribution is 2.33. The average Bonchev–Trinajstić information content (AvgIpc) is 3.13. The molecule has 2 unspecified atom stereocenters. The fourth-order valence-corrected chi connectivity index (χ4v) is 2.69. The Bertz CT molecular complexity index is 264. The molecule has 2 atom stereocenters. The monoisotopic (exact) mass is 240 g/mol. The number of hydrogen-bond acceptors (Lipinski definition) is 3. The molecule has 0 aromatic rings. The van der Waals surface area contributed by atoms with E-state index in [2.05, 4.69) is 0 Å². The van der Waals surface area contributed by atoms with Gasteiger partial charge in [0.1, 0.15) is 0 Å². The Morgan fingerprint density at radius 1 is 1.47 bits per heavy atom. The normalized spacial score (nSPS) is 26.9. The SMILES string of the molecule is COCC1CCCN(C(=O)CC(N)C2CC2)C1. The van der Waals surface area contributed by atoms with Crippen molar-refractivity contribution in [3.8, 4) is 0 Å². The van der Waals surface area contributed by atoms with Crippen molar-refractivity contribution >= 4 is 5.91 Å². The summed E-state index contributed by atoms with van der Waals surface area (Å²) in [6.07, 6.45) is 5.22. The van der Waals surface area contributed by atoms with Crippen LogP contribution >= 0.6 is 0 Å². The summed E-state index contributed by atoms with van der Waals surface area (Å²) in [4.78, 5) is 14.1. The highest BCUT2D eigenvalue weighted by Gasteiger charge is 2.32. The molecular weight excluding hydrogens is 216 g/mol. The van der Waals surface area contributed by atoms with E-state index in [0.29, 0.717) is 18.3 Å². The fourth-order valence-electron chi connectivity index (χ4n) is 2.69. The lowest BCUT2D eigenvalue weighted by Gasteiger charge is -2.33. The van der Waals surface area contributed by atoms with Gasteiger partial charge >= 0.3 is 0 Å². The Labute approximate surface area is 103 Å². The van der Waals surface area contributed by atoms with Gasteiger partial charge in [-0.05, 0) is 37.5 Å². The molecule has 1 heterocycles. The number of amides is 1. The van der Waals surface area contributed by atoms with Crippen LogP contribution in [-0.2, 0) is 9.53 Å². The van der Waals surface area contributed by atoms with Crippen LogP contribution in [0.1, 0.15) is 32.1 Å². The molecule has 17 heavy (non-hydrogen) atoms. The van der Waals surface area contributed by atoms with E-state index >= 15 is 0 Å². The van der Waals surface area contributed by atoms with Crippen LogP contribution < -0.4 is 5.73 Å². The fraction of sp³-hybridized carbons (Fsp3) is 0.923. The van der Waals surface area contributed by atoms with Crippen molar-refractivity contribution in [2.45, 2.75) is 38.1 Å². The summed E-state index contributed by atoms with van der Waals surface area (Å²) in [7, 11) is 1.73. The smallest absolute Gasteiger partial charge is 0.224 e. The Balaban J connectivity index is 1.77. The minimum atomic E-state index is 0.0882. The zero-order valence-corrected chi connectivity index (χ0v) is 10.7. The number of ether oxygens (including phenoxy) is 1. The molecule has 4 heteroatoms. The summed E-state index contributed by atoms with van der Waals surface area (Å²) in [5.41, 5.74) is 6.01. The molecule has 1 saturated carbocycles. The van der Waals surface area contributed by atoms with Crippen molar-refractivity contribution in [2.75, 3.05) is 26.8 Å². The lowest BCUT2D eigenvalue weighted by molar-refractivity contribution is -0.133. The molecule has 1 aliphatic carbocycles. The zero-order valence-electron chi connectivity index (χ0n) is 10.7. The number of carbonyl (C=O) groups is 1. The lowest BCUT2D eigenvalue weighted by atomic mass is 9.98. The van der Waals surface area contributed by atoms with E-state index in [1.165, 1.54) is 19.3 Å². The summed E-state index contributed by atoms with van der Waals surface area (Å²) in [6, 6.07) is 0.0882. The minimum Gasteiger partial charge on any atom is -0.384 e. The number of piperidine rings is 1. The third kappa shape index (κ3) is 3.68. The first kappa shape index (κ1) is 12.8. The maximum absolute atomic E-state index is 12.1. The van der Waals surface area contributed by atoms with Crippen LogP contribution in [0, 0.1) is 11.8 Å². The van der Waals surface area contributed by atoms with Crippen molar-refractivity contribution in [3.05, 3.63) is 0 Å². The Hall–Kier alpha value is -0.610. The number of methoxy groups -OCH3 is 1. The van der Waals surface area contributed by atoms with E-state index < -0.39 is 0 Å². The van der Waals surface area contributed by atoms with Crippen LogP contribution in [0.4, 0.5) is 0 Å². The minimum absolute atomic E-state index is 0.0882. The first-order valence-electron chi connectivity index (χ1n) is 6.73. The van der Waals surface area contributed by atoms with Gasteiger partial charge in [0.2, 0.25) is 5.91 Å². The quantitative estimate of drug-likeness (QED) is 0.780. The second-order valence-corrected chi connectivity index (χ2v) is 5.51. The molecule has 1 aliphatic heterocycles. The predicted molar refractivity (Wildman–Crippen MR) is 66.5 cm³/mol. The zero-order chi connectivity index (χ0) is 12.3. The number of nitrogens with two attached hydrogens (primary N) is 1. The third-order valence-electron chi connectivity index (χ3n) is 3.91. The van der Waals surface area contributed by atoms with Gasteiger partial charge in [0.25, 0.3) is 0 Å². The van der Waals surface area contributed by atoms with Crippen molar-refractivity contribution in [2.24, 2.45) is 17.6 Å². The molecular formula is C13H24N2O2. The van der Waals surface area contributed by atoms with E-state index in [0.717, 1.165) is 26.1 Å². The van der Waals surface area contributed by atoms with Gasteiger partial charge in [-0.2, -0.15) is 0 Å². The molecule has 1 saturated heterocycles. The Morgan fingerprint density at radius 2 is 2.24 bits per heavy atom. The second kappa shape index (κ2) is 5.83. The van der Waals surface area contributed by atoms with Gasteiger partial charge in [-0.3, -0.25) is 4.79 Å². The first-order chi connectivity index (χ1) is 8.20. The van der Waals surface area contributed by atoms with E-state index in [-0.39, 0.29) is 11.9 Å². The van der Waals surface area contributed by atoms with E-state index in [9.17, 15) is 4.79 Å². The Morgan fingerprint density at radius 3 is 2.88 bits per heavy atom. The number of carbonyl (C=O) groups excluding carboxylic acids is 1. The molecule has 0 spiro atoms. The summed E-state index contributed by atoms with van der Waals surface area (Å²) in [5.74, 6) is 1.36. The van der Waals surface area contributed by atoms with Gasteiger partial charge < -0.3 is 15.4 Å². The highest BCUT2D eigenvalue weighted by molar-refractivity contribution is 5.77. The molecule has 98 valence electrons. The maximum Gasteiger partial charge on any atom is 0.224 e. The van der Waals surface area contributed by atoms with Crippen LogP contribution in [0.2, 0.25) is 0 Å². The summed E-state index contributed by atoms with van der Waals surface area (Å²) < 4.78 is 5.18. The molecule has 0 aromatic heterocycles. The van der Waals surface area contributed by atoms with Gasteiger partial charge in [-0.1, -0.05) is 0 Å². The van der Waals surface area contributed by atoms with Crippen LogP contribution in [0.3, 0.4) is 0 Å². The third-order valence-corrected chi connectivity index (χ3v) is 3.91. The summed E-state index contributed by atoms with van der Waals surface area (Å²) >= 11 is 0. The van der Waals surface area contributed by atoms with E-state index in [1.807, 2.05) is 4.90 Å². The molecule has 2 N–H and O–H groups in total. The van der Waals surface area contributed by atoms with Crippen LogP contribution in [-0.4, -0.2) is 43.7 Å². The maximum atomic E-state index is 12.1. The predicted octanol–water partition coefficient (Wildman–Crippen LogP) is 0.999. The van der Waals surface area contributed by atoms with Gasteiger partial charge in [-0.25, -0.2) is 0 Å². The van der Waals surface area contributed by atoms with Gasteiger partial charge in [0.15, 0.2) is 0 Å². The number of likely N-dealkylation sites (tertiary alicyclic amines) is 1. The number of nitrogens with zero attached hydrogens (tertiary/aromatic N) is 1. The van der Waals surface area contributed by atoms with Gasteiger partial charge in [-0.15, -0.1) is 0 Å². The first-order valence-corrected chi connectivity index (χ1v) is 6.73. The summed E-state index contributed by atoms with van der Waals surface area (Å²) in [5, 5.41) is 0. The van der Waals surface area contributed by atoms with Crippen molar-refractivity contribution < 1.29 is 9.53 Å². The second-order valence-electron chi connectivity index (χ2n) is 5.51. The molecule has 0 aromatic carbocycles. The van der Waals surface area contributed by atoms with Crippen LogP contribution in [0.15, 0.2) is 0 Å². The van der Waals surface area contributed by atoms with Crippen molar-refractivity contribution in [3.63, 3.8) is 0 Å². The van der Waals surface area contributed by atoms with Crippen molar-refractivity contribution in [1.82, 2.24) is 4.90 Å². The molecule has 0 bridgehead atoms. The number of rotatable bonds is 5. The standard InChI is InChI=1S/C13H24N2O2/c1-17-9-10-3-2-6-15(8-10)13(16)7-12(14)11-4-5-11/h10-12H,2-9,14H2,1H3. The van der Waals surface area contributed by atoms with E-state index in [4.69, 9.17) is 10.5 Å².